The van der Waals surface area contributed by atoms with Gasteiger partial charge in [0.2, 0.25) is 17.7 Å². The van der Waals surface area contributed by atoms with Gasteiger partial charge in [-0.1, -0.05) is 45.8 Å². The Hall–Kier alpha value is -4.06. The maximum atomic E-state index is 14.8. The van der Waals surface area contributed by atoms with Crippen molar-refractivity contribution in [2.45, 2.75) is 28.5 Å². The van der Waals surface area contributed by atoms with Gasteiger partial charge in [-0.2, -0.15) is 0 Å². The Bertz CT molecular complexity index is 2050. The lowest BCUT2D eigenvalue weighted by Gasteiger charge is -2.50. The van der Waals surface area contributed by atoms with Crippen LogP contribution in [0, 0.1) is 23.6 Å². The van der Waals surface area contributed by atoms with E-state index in [-0.39, 0.29) is 23.9 Å². The third kappa shape index (κ3) is 4.02. The molecule has 9 nitrogen and oxygen atoms in total. The van der Waals surface area contributed by atoms with Gasteiger partial charge in [0.05, 0.1) is 23.0 Å². The number of phenolic OH excluding ortho intramolecular Hbond substituents is 1. The summed E-state index contributed by atoms with van der Waals surface area (Å²) in [4.78, 5) is 58.2. The number of para-hydroxylation sites is 2. The largest absolute Gasteiger partial charge is 0.505 e. The van der Waals surface area contributed by atoms with Crippen LogP contribution in [0.4, 0.5) is 10.1 Å². The van der Waals surface area contributed by atoms with Crippen LogP contribution < -0.4 is 4.90 Å². The number of hydrogen-bond acceptors (Lipinski definition) is 7. The highest BCUT2D eigenvalue weighted by Gasteiger charge is 2.76. The maximum Gasteiger partial charge on any atom is 0.254 e. The van der Waals surface area contributed by atoms with Crippen molar-refractivity contribution in [1.82, 2.24) is 9.88 Å². The fraction of sp³-hybridized carbons (Fsp3) is 0.265. The average molecular weight is 739 g/mol. The van der Waals surface area contributed by atoms with Crippen LogP contribution in [0.15, 0.2) is 82.8 Å². The van der Waals surface area contributed by atoms with Crippen LogP contribution in [-0.4, -0.2) is 53.8 Å². The highest BCUT2D eigenvalue weighted by atomic mass is 79.9. The Morgan fingerprint density at radius 2 is 1.72 bits per heavy atom. The first-order chi connectivity index (χ1) is 22.5. The van der Waals surface area contributed by atoms with Crippen molar-refractivity contribution in [3.8, 4) is 17.2 Å². The molecule has 0 spiro atoms. The number of imide groups is 2. The number of benzene rings is 3. The van der Waals surface area contributed by atoms with E-state index in [2.05, 4.69) is 20.9 Å². The molecule has 3 fully saturated rings. The summed E-state index contributed by atoms with van der Waals surface area (Å²) in [5.74, 6) is -7.13. The number of phenols is 1. The number of amides is 4. The van der Waals surface area contributed by atoms with Crippen molar-refractivity contribution < 1.29 is 33.1 Å². The third-order valence-electron chi connectivity index (χ3n) is 9.99. The summed E-state index contributed by atoms with van der Waals surface area (Å²) in [5, 5.41) is 9.91. The summed E-state index contributed by atoms with van der Waals surface area (Å²) < 4.78 is 20.6. The standard InChI is InChI=1S/C34H23BrCl2FN3O6/c35-15-40-31(45)33(36)14-21-19(27(34(33,37)32(40)46)17-7-12-24(42)22(38)13-17)10-11-20-26(21)30(44)41(29(20)43)18-8-5-16(6-9-18)28-39-23-3-1-2-4-25(23)47-28/h1-10,12-13,20-21,26-27,42H,11,14-15H2/t20-,21+,26-,27-,33+,34-/m0/s1. The second-order valence-electron chi connectivity index (χ2n) is 12.2. The number of aromatic hydroxyl groups is 1. The molecule has 2 aliphatic carbocycles. The summed E-state index contributed by atoms with van der Waals surface area (Å²) in [5.41, 5.74) is 2.89. The monoisotopic (exact) mass is 737 g/mol. The maximum absolute atomic E-state index is 14.8. The number of allylic oxidation sites excluding steroid dienone is 2. The molecule has 0 bridgehead atoms. The molecule has 0 radical (unpaired) electrons. The van der Waals surface area contributed by atoms with Gasteiger partial charge in [0.15, 0.2) is 26.9 Å². The SMILES string of the molecule is O=C1[C@H]2[C@H](CC=C3[C@H]2C[C@@]2(Cl)C(=O)N(CBr)C(=O)[C@@]2(Cl)[C@H]3c2ccc(O)c(F)c2)C(=O)N1c1ccc(-c2nc3ccccc3o2)cc1. The van der Waals surface area contributed by atoms with E-state index >= 15 is 0 Å². The Morgan fingerprint density at radius 3 is 2.43 bits per heavy atom. The molecule has 4 aromatic rings. The molecule has 1 aromatic heterocycles. The van der Waals surface area contributed by atoms with Gasteiger partial charge in [0, 0.05) is 11.5 Å². The number of oxazole rings is 1. The van der Waals surface area contributed by atoms with E-state index in [1.165, 1.54) is 6.07 Å². The lowest BCUT2D eigenvalue weighted by atomic mass is 9.56. The Kier molecular flexibility index (Phi) is 6.75. The molecule has 3 heterocycles. The number of rotatable bonds is 4. The molecule has 2 saturated heterocycles. The van der Waals surface area contributed by atoms with Crippen molar-refractivity contribution in [3.05, 3.63) is 89.8 Å². The predicted molar refractivity (Wildman–Crippen MR) is 173 cm³/mol. The van der Waals surface area contributed by atoms with Crippen molar-refractivity contribution in [2.24, 2.45) is 17.8 Å². The van der Waals surface area contributed by atoms with E-state index in [1.807, 2.05) is 24.3 Å². The van der Waals surface area contributed by atoms with Crippen molar-refractivity contribution in [1.29, 1.82) is 0 Å². The van der Waals surface area contributed by atoms with E-state index in [1.54, 1.807) is 30.3 Å². The zero-order chi connectivity index (χ0) is 33.0. The number of hydrogen-bond donors (Lipinski definition) is 1. The van der Waals surface area contributed by atoms with Gasteiger partial charge < -0.3 is 9.52 Å². The smallest absolute Gasteiger partial charge is 0.254 e. The highest BCUT2D eigenvalue weighted by molar-refractivity contribution is 9.09. The number of likely N-dealkylation sites (tertiary alicyclic amines) is 1. The number of anilines is 1. The molecule has 3 aromatic carbocycles. The number of carbonyl (C=O) groups excluding carboxylic acids is 4. The predicted octanol–water partition coefficient (Wildman–Crippen LogP) is 6.26. The Morgan fingerprint density at radius 1 is 0.979 bits per heavy atom. The minimum atomic E-state index is -2.07. The van der Waals surface area contributed by atoms with Gasteiger partial charge in [0.1, 0.15) is 5.52 Å². The molecule has 6 atom stereocenters. The summed E-state index contributed by atoms with van der Waals surface area (Å²) in [6.07, 6.45) is 1.73. The minimum absolute atomic E-state index is 0.155. The minimum Gasteiger partial charge on any atom is -0.505 e. The molecule has 4 aliphatic rings. The Balaban J connectivity index is 1.19. The van der Waals surface area contributed by atoms with Crippen molar-refractivity contribution in [2.75, 3.05) is 10.4 Å². The first-order valence-electron chi connectivity index (χ1n) is 14.8. The number of halogens is 4. The molecule has 1 N–H and O–H groups in total. The topological polar surface area (TPSA) is 121 Å². The third-order valence-corrected chi connectivity index (χ3v) is 11.9. The van der Waals surface area contributed by atoms with Crippen LogP contribution in [0.25, 0.3) is 22.6 Å². The zero-order valence-electron chi connectivity index (χ0n) is 24.2. The highest BCUT2D eigenvalue weighted by Crippen LogP contribution is 2.65. The van der Waals surface area contributed by atoms with Crippen LogP contribution in [0.5, 0.6) is 5.75 Å². The zero-order valence-corrected chi connectivity index (χ0v) is 27.3. The molecular weight excluding hydrogens is 716 g/mol. The van der Waals surface area contributed by atoms with Gasteiger partial charge in [0.25, 0.3) is 11.8 Å². The van der Waals surface area contributed by atoms with E-state index in [4.69, 9.17) is 27.6 Å². The summed E-state index contributed by atoms with van der Waals surface area (Å²) >= 11 is 17.5. The second kappa shape index (κ2) is 10.5. The summed E-state index contributed by atoms with van der Waals surface area (Å²) in [6, 6.07) is 17.7. The van der Waals surface area contributed by atoms with Crippen LogP contribution >= 0.6 is 39.1 Å². The van der Waals surface area contributed by atoms with Gasteiger partial charge in [-0.15, -0.1) is 23.2 Å². The second-order valence-corrected chi connectivity index (χ2v) is 14.0. The summed E-state index contributed by atoms with van der Waals surface area (Å²) in [6.45, 7) is 0. The molecular formula is C34H23BrCl2FN3O6. The van der Waals surface area contributed by atoms with Crippen LogP contribution in [0.3, 0.4) is 0 Å². The number of aromatic nitrogens is 1. The molecule has 1 saturated carbocycles. The van der Waals surface area contributed by atoms with Crippen LogP contribution in [0.1, 0.15) is 24.3 Å². The first kappa shape index (κ1) is 30.3. The van der Waals surface area contributed by atoms with Crippen LogP contribution in [-0.2, 0) is 19.2 Å². The molecule has 8 rings (SSSR count). The number of alkyl halides is 3. The van der Waals surface area contributed by atoms with Crippen molar-refractivity contribution >= 4 is 79.5 Å². The van der Waals surface area contributed by atoms with Gasteiger partial charge in [-0.05, 0) is 72.9 Å². The van der Waals surface area contributed by atoms with Crippen molar-refractivity contribution in [3.63, 3.8) is 0 Å². The van der Waals surface area contributed by atoms with Crippen LogP contribution in [0.2, 0.25) is 0 Å². The molecule has 0 unspecified atom stereocenters. The average Bonchev–Trinajstić information content (AvgIpc) is 3.65. The normalized spacial score (nSPS) is 30.1. The lowest BCUT2D eigenvalue weighted by Crippen LogP contribution is -2.60. The fourth-order valence-corrected chi connectivity index (χ4v) is 9.26. The first-order valence-corrected chi connectivity index (χ1v) is 16.7. The molecule has 238 valence electrons. The quantitative estimate of drug-likeness (QED) is 0.114. The van der Waals surface area contributed by atoms with Gasteiger partial charge >= 0.3 is 0 Å². The van der Waals surface area contributed by atoms with E-state index in [0.29, 0.717) is 33.8 Å². The van der Waals surface area contributed by atoms with E-state index < -0.39 is 68.6 Å². The molecule has 47 heavy (non-hydrogen) atoms. The number of nitrogens with zero attached hydrogens (tertiary/aromatic N) is 3. The summed E-state index contributed by atoms with van der Waals surface area (Å²) in [7, 11) is 0. The fourth-order valence-electron chi connectivity index (χ4n) is 7.83. The van der Waals surface area contributed by atoms with Gasteiger partial charge in [-0.3, -0.25) is 29.0 Å². The number of fused-ring (bicyclic) bond motifs is 5. The number of carbonyl (C=O) groups is 4. The van der Waals surface area contributed by atoms with E-state index in [9.17, 15) is 28.7 Å². The van der Waals surface area contributed by atoms with Gasteiger partial charge in [-0.25, -0.2) is 9.37 Å². The molecule has 4 amide bonds. The Labute approximate surface area is 285 Å². The lowest BCUT2D eigenvalue weighted by molar-refractivity contribution is -0.138. The molecule has 2 aliphatic heterocycles. The molecule has 13 heteroatoms. The van der Waals surface area contributed by atoms with E-state index in [0.717, 1.165) is 21.9 Å².